The SMILES string of the molecule is CCOSSS. The molecule has 0 aromatic carbocycles. The summed E-state index contributed by atoms with van der Waals surface area (Å²) in [6.07, 6.45) is 0. The van der Waals surface area contributed by atoms with Crippen molar-refractivity contribution in [3.8, 4) is 0 Å². The third-order valence-electron chi connectivity index (χ3n) is 0.196. The van der Waals surface area contributed by atoms with Crippen LogP contribution in [0.3, 0.4) is 0 Å². The fraction of sp³-hybridized carbons (Fsp3) is 1.00. The standard InChI is InChI=1S/C2H6OS3/c1-2-3-5-6-4/h4H,2H2,1H3. The second-order valence-electron chi connectivity index (χ2n) is 0.549. The van der Waals surface area contributed by atoms with E-state index in [1.165, 1.54) is 20.9 Å². The summed E-state index contributed by atoms with van der Waals surface area (Å²) in [4.78, 5) is 0. The Labute approximate surface area is 50.6 Å². The number of hydrogen-bond donors (Lipinski definition) is 1. The van der Waals surface area contributed by atoms with E-state index in [2.05, 4.69) is 11.7 Å². The monoisotopic (exact) mass is 142 g/mol. The van der Waals surface area contributed by atoms with E-state index in [0.29, 0.717) is 0 Å². The van der Waals surface area contributed by atoms with Gasteiger partial charge in [0, 0.05) is 9.83 Å². The highest BCUT2D eigenvalue weighted by Gasteiger charge is 1.75. The Morgan fingerprint density at radius 1 is 1.83 bits per heavy atom. The zero-order chi connectivity index (χ0) is 4.83. The van der Waals surface area contributed by atoms with Crippen LogP contribution >= 0.6 is 32.6 Å². The Balaban J connectivity index is 2.34. The van der Waals surface area contributed by atoms with Gasteiger partial charge in [-0.15, -0.1) is 0 Å². The zero-order valence-corrected chi connectivity index (χ0v) is 5.91. The Kier molecular flexibility index (Phi) is 7.02. The van der Waals surface area contributed by atoms with E-state index in [4.69, 9.17) is 4.18 Å². The third-order valence-corrected chi connectivity index (χ3v) is 1.61. The highest BCUT2D eigenvalue weighted by molar-refractivity contribution is 9.04. The molecule has 0 spiro atoms. The zero-order valence-electron chi connectivity index (χ0n) is 3.38. The molecular formula is C2H6OS3. The Hall–Kier alpha value is 1.01. The summed E-state index contributed by atoms with van der Waals surface area (Å²) in [7, 11) is 1.32. The third kappa shape index (κ3) is 5.01. The summed E-state index contributed by atoms with van der Waals surface area (Å²) in [6, 6.07) is 0. The van der Waals surface area contributed by atoms with E-state index in [-0.39, 0.29) is 0 Å². The molecule has 38 valence electrons. The van der Waals surface area contributed by atoms with Gasteiger partial charge >= 0.3 is 0 Å². The molecule has 0 aromatic rings. The van der Waals surface area contributed by atoms with E-state index in [1.807, 2.05) is 6.92 Å². The lowest BCUT2D eigenvalue weighted by atomic mass is 10.9. The number of rotatable bonds is 3. The second-order valence-corrected chi connectivity index (χ2v) is 3.27. The average Bonchev–Trinajstić information content (AvgIpc) is 1.61. The van der Waals surface area contributed by atoms with Gasteiger partial charge in [-0.25, -0.2) is 0 Å². The molecule has 6 heavy (non-hydrogen) atoms. The van der Waals surface area contributed by atoms with E-state index in [9.17, 15) is 0 Å². The van der Waals surface area contributed by atoms with Gasteiger partial charge in [-0.2, -0.15) is 0 Å². The minimum Gasteiger partial charge on any atom is -0.305 e. The van der Waals surface area contributed by atoms with Gasteiger partial charge in [0.2, 0.25) is 0 Å². The summed E-state index contributed by atoms with van der Waals surface area (Å²) in [5.41, 5.74) is 0. The van der Waals surface area contributed by atoms with Crippen molar-refractivity contribution in [1.82, 2.24) is 0 Å². The van der Waals surface area contributed by atoms with Gasteiger partial charge in [0.1, 0.15) is 0 Å². The van der Waals surface area contributed by atoms with E-state index < -0.39 is 0 Å². The molecule has 0 fully saturated rings. The van der Waals surface area contributed by atoms with Gasteiger partial charge in [-0.1, -0.05) is 11.7 Å². The summed E-state index contributed by atoms with van der Waals surface area (Å²) < 4.78 is 4.79. The van der Waals surface area contributed by atoms with Gasteiger partial charge in [-0.3, -0.25) is 0 Å². The van der Waals surface area contributed by atoms with Crippen LogP contribution in [0.25, 0.3) is 0 Å². The first-order chi connectivity index (χ1) is 2.91. The quantitative estimate of drug-likeness (QED) is 0.280. The van der Waals surface area contributed by atoms with Gasteiger partial charge in [0.25, 0.3) is 0 Å². The molecule has 0 aliphatic rings. The number of hydrogen-bond acceptors (Lipinski definition) is 4. The van der Waals surface area contributed by atoms with Crippen LogP contribution in [0.15, 0.2) is 0 Å². The van der Waals surface area contributed by atoms with Gasteiger partial charge in [0.05, 0.1) is 17.7 Å². The van der Waals surface area contributed by atoms with Crippen molar-refractivity contribution in [3.05, 3.63) is 0 Å². The minimum absolute atomic E-state index is 0.748. The molecule has 1 nitrogen and oxygen atoms in total. The van der Waals surface area contributed by atoms with E-state index in [0.717, 1.165) is 6.61 Å². The lowest BCUT2D eigenvalue weighted by molar-refractivity contribution is 0.408. The van der Waals surface area contributed by atoms with Crippen molar-refractivity contribution in [1.29, 1.82) is 0 Å². The van der Waals surface area contributed by atoms with Crippen molar-refractivity contribution in [2.24, 2.45) is 0 Å². The first kappa shape index (κ1) is 7.01. The normalized spacial score (nSPS) is 9.00. The predicted molar refractivity (Wildman–Crippen MR) is 35.8 cm³/mol. The summed E-state index contributed by atoms with van der Waals surface area (Å²) >= 11 is 5.10. The summed E-state index contributed by atoms with van der Waals surface area (Å²) in [5.74, 6) is 0. The van der Waals surface area contributed by atoms with Crippen LogP contribution in [-0.4, -0.2) is 6.61 Å². The van der Waals surface area contributed by atoms with Crippen molar-refractivity contribution in [3.63, 3.8) is 0 Å². The molecule has 0 aromatic heterocycles. The van der Waals surface area contributed by atoms with Crippen LogP contribution in [0.2, 0.25) is 0 Å². The van der Waals surface area contributed by atoms with Crippen molar-refractivity contribution >= 4 is 32.6 Å². The maximum atomic E-state index is 4.79. The molecule has 0 atom stereocenters. The molecule has 4 heteroatoms. The Morgan fingerprint density at radius 2 is 2.50 bits per heavy atom. The molecule has 0 amide bonds. The van der Waals surface area contributed by atoms with E-state index >= 15 is 0 Å². The maximum Gasteiger partial charge on any atom is 0.0737 e. The molecule has 0 saturated carbocycles. The minimum atomic E-state index is 0.748. The molecule has 0 heterocycles. The fourth-order valence-electron chi connectivity index (χ4n) is 0.0696. The molecule has 0 bridgehead atoms. The Morgan fingerprint density at radius 3 is 2.67 bits per heavy atom. The highest BCUT2D eigenvalue weighted by atomic mass is 33.5. The molecule has 0 aliphatic heterocycles. The Bertz CT molecular complexity index is 20.8. The molecule has 0 N–H and O–H groups in total. The molecule has 0 aliphatic carbocycles. The van der Waals surface area contributed by atoms with Crippen LogP contribution in [0, 0.1) is 0 Å². The first-order valence-electron chi connectivity index (χ1n) is 1.51. The van der Waals surface area contributed by atoms with Crippen molar-refractivity contribution in [2.45, 2.75) is 6.92 Å². The molecule has 0 rings (SSSR count). The van der Waals surface area contributed by atoms with Crippen LogP contribution in [0.1, 0.15) is 6.92 Å². The second kappa shape index (κ2) is 6.01. The molecular weight excluding hydrogens is 136 g/mol. The van der Waals surface area contributed by atoms with Crippen LogP contribution in [-0.2, 0) is 4.18 Å². The molecule has 0 radical (unpaired) electrons. The largest absolute Gasteiger partial charge is 0.305 e. The van der Waals surface area contributed by atoms with E-state index in [1.54, 1.807) is 0 Å². The van der Waals surface area contributed by atoms with Crippen LogP contribution in [0.5, 0.6) is 0 Å². The highest BCUT2D eigenvalue weighted by Crippen LogP contribution is 2.24. The van der Waals surface area contributed by atoms with Crippen molar-refractivity contribution in [2.75, 3.05) is 6.61 Å². The molecule has 0 unspecified atom stereocenters. The first-order valence-corrected chi connectivity index (χ1v) is 4.64. The van der Waals surface area contributed by atoms with Crippen molar-refractivity contribution < 1.29 is 4.18 Å². The summed E-state index contributed by atoms with van der Waals surface area (Å²) in [6.45, 7) is 2.69. The van der Waals surface area contributed by atoms with Crippen LogP contribution < -0.4 is 0 Å². The fourth-order valence-corrected chi connectivity index (χ4v) is 1.01. The predicted octanol–water partition coefficient (Wildman–Crippen LogP) is 2.16. The van der Waals surface area contributed by atoms with Gasteiger partial charge in [0.15, 0.2) is 0 Å². The number of thiol groups is 1. The van der Waals surface area contributed by atoms with Crippen LogP contribution in [0.4, 0.5) is 0 Å². The molecule has 0 saturated heterocycles. The topological polar surface area (TPSA) is 9.23 Å². The smallest absolute Gasteiger partial charge is 0.0737 e. The lowest BCUT2D eigenvalue weighted by Crippen LogP contribution is -1.69. The lowest BCUT2D eigenvalue weighted by Gasteiger charge is -1.87. The van der Waals surface area contributed by atoms with Gasteiger partial charge in [-0.05, 0) is 6.92 Å². The maximum absolute atomic E-state index is 4.79. The average molecular weight is 142 g/mol. The van der Waals surface area contributed by atoms with Gasteiger partial charge < -0.3 is 4.18 Å². The summed E-state index contributed by atoms with van der Waals surface area (Å²) in [5, 5.41) is 0.